The van der Waals surface area contributed by atoms with Crippen molar-refractivity contribution in [1.82, 2.24) is 14.9 Å². The first-order valence-electron chi connectivity index (χ1n) is 9.56. The molecular weight excluding hydrogens is 412 g/mol. The Morgan fingerprint density at radius 2 is 2.00 bits per heavy atom. The second-order valence-electron chi connectivity index (χ2n) is 6.95. The largest absolute Gasteiger partial charge is 0.356 e. The lowest BCUT2D eigenvalue weighted by atomic mass is 10.1. The van der Waals surface area contributed by atoms with Crippen LogP contribution in [0.4, 0.5) is 0 Å². The molecule has 0 aromatic carbocycles. The van der Waals surface area contributed by atoms with Gasteiger partial charge in [0.05, 0.1) is 6.54 Å². The van der Waals surface area contributed by atoms with Crippen LogP contribution in [0, 0.1) is 0 Å². The molecule has 1 aliphatic heterocycles. The molecule has 2 aromatic heterocycles. The fourth-order valence-electron chi connectivity index (χ4n) is 3.14. The van der Waals surface area contributed by atoms with Gasteiger partial charge in [0.15, 0.2) is 5.96 Å². The highest BCUT2D eigenvalue weighted by Gasteiger charge is 2.27. The van der Waals surface area contributed by atoms with Gasteiger partial charge in [0.25, 0.3) is 10.0 Å². The zero-order valence-corrected chi connectivity index (χ0v) is 18.8. The number of hydrogen-bond acceptors (Lipinski definition) is 5. The maximum atomic E-state index is 12.8. The Morgan fingerprint density at radius 3 is 2.68 bits per heavy atom. The topological polar surface area (TPSA) is 73.8 Å². The van der Waals surface area contributed by atoms with Crippen LogP contribution in [-0.2, 0) is 16.6 Å². The SMILES string of the molecule is CN=C(NCc1ccc(S(=O)(=O)N2CCCCC2)s1)NCC(C)c1ccsc1. The Hall–Kier alpha value is -1.42. The van der Waals surface area contributed by atoms with Gasteiger partial charge in [-0.3, -0.25) is 4.99 Å². The van der Waals surface area contributed by atoms with Gasteiger partial charge < -0.3 is 10.6 Å². The summed E-state index contributed by atoms with van der Waals surface area (Å²) < 4.78 is 27.6. The van der Waals surface area contributed by atoms with Crippen molar-refractivity contribution in [2.24, 2.45) is 4.99 Å². The molecule has 6 nitrogen and oxygen atoms in total. The second kappa shape index (κ2) is 9.87. The Labute approximate surface area is 175 Å². The van der Waals surface area contributed by atoms with E-state index in [-0.39, 0.29) is 0 Å². The van der Waals surface area contributed by atoms with E-state index in [0.717, 1.165) is 36.6 Å². The smallest absolute Gasteiger partial charge is 0.252 e. The molecule has 1 saturated heterocycles. The van der Waals surface area contributed by atoms with Crippen LogP contribution in [0.15, 0.2) is 38.2 Å². The third kappa shape index (κ3) is 5.34. The van der Waals surface area contributed by atoms with Gasteiger partial charge in [-0.2, -0.15) is 15.6 Å². The molecule has 0 saturated carbocycles. The van der Waals surface area contributed by atoms with Gasteiger partial charge in [0.1, 0.15) is 4.21 Å². The van der Waals surface area contributed by atoms with E-state index in [0.29, 0.717) is 29.8 Å². The molecule has 3 rings (SSSR count). The quantitative estimate of drug-likeness (QED) is 0.511. The number of piperidine rings is 1. The zero-order chi connectivity index (χ0) is 20.0. The molecule has 0 amide bonds. The van der Waals surface area contributed by atoms with Crippen LogP contribution in [-0.4, -0.2) is 45.4 Å². The van der Waals surface area contributed by atoms with Crippen molar-refractivity contribution in [2.45, 2.75) is 42.9 Å². The van der Waals surface area contributed by atoms with Crippen molar-refractivity contribution in [1.29, 1.82) is 0 Å². The fourth-order valence-corrected chi connectivity index (χ4v) is 6.89. The van der Waals surface area contributed by atoms with Crippen molar-refractivity contribution in [2.75, 3.05) is 26.7 Å². The van der Waals surface area contributed by atoms with E-state index in [9.17, 15) is 8.42 Å². The van der Waals surface area contributed by atoms with Crippen molar-refractivity contribution in [3.8, 4) is 0 Å². The summed E-state index contributed by atoms with van der Waals surface area (Å²) in [4.78, 5) is 5.24. The summed E-state index contributed by atoms with van der Waals surface area (Å²) >= 11 is 3.04. The maximum absolute atomic E-state index is 12.8. The number of aliphatic imine (C=N–C) groups is 1. The molecule has 1 unspecified atom stereocenters. The van der Waals surface area contributed by atoms with Gasteiger partial charge in [-0.05, 0) is 53.3 Å². The van der Waals surface area contributed by atoms with Crippen LogP contribution in [0.3, 0.4) is 0 Å². The summed E-state index contributed by atoms with van der Waals surface area (Å²) in [6.45, 7) is 4.78. The highest BCUT2D eigenvalue weighted by Crippen LogP contribution is 2.27. The molecule has 28 heavy (non-hydrogen) atoms. The van der Waals surface area contributed by atoms with Crippen LogP contribution in [0.25, 0.3) is 0 Å². The van der Waals surface area contributed by atoms with Crippen molar-refractivity contribution in [3.63, 3.8) is 0 Å². The molecule has 1 atom stereocenters. The minimum Gasteiger partial charge on any atom is -0.356 e. The third-order valence-electron chi connectivity index (χ3n) is 4.89. The number of nitrogens with one attached hydrogen (secondary N) is 2. The van der Waals surface area contributed by atoms with E-state index >= 15 is 0 Å². The lowest BCUT2D eigenvalue weighted by molar-refractivity contribution is 0.347. The van der Waals surface area contributed by atoms with Crippen molar-refractivity contribution < 1.29 is 8.42 Å². The number of hydrogen-bond donors (Lipinski definition) is 2. The normalized spacial score (nSPS) is 17.4. The number of nitrogens with zero attached hydrogens (tertiary/aromatic N) is 2. The molecule has 3 heterocycles. The molecule has 1 aliphatic rings. The molecule has 0 radical (unpaired) electrons. The van der Waals surface area contributed by atoms with Gasteiger partial charge in [-0.25, -0.2) is 8.42 Å². The minimum absolute atomic E-state index is 0.396. The molecule has 0 bridgehead atoms. The molecule has 154 valence electrons. The average Bonchev–Trinajstić information content (AvgIpc) is 3.41. The molecule has 0 spiro atoms. The lowest BCUT2D eigenvalue weighted by Crippen LogP contribution is -2.38. The van der Waals surface area contributed by atoms with Crippen LogP contribution in [0.5, 0.6) is 0 Å². The highest BCUT2D eigenvalue weighted by atomic mass is 32.2. The highest BCUT2D eigenvalue weighted by molar-refractivity contribution is 7.91. The fraction of sp³-hybridized carbons (Fsp3) is 0.526. The van der Waals surface area contributed by atoms with E-state index in [4.69, 9.17) is 0 Å². The van der Waals surface area contributed by atoms with E-state index < -0.39 is 10.0 Å². The van der Waals surface area contributed by atoms with Crippen LogP contribution < -0.4 is 10.6 Å². The number of sulfonamides is 1. The number of rotatable bonds is 7. The van der Waals surface area contributed by atoms with Gasteiger partial charge in [-0.1, -0.05) is 13.3 Å². The number of guanidine groups is 1. The summed E-state index contributed by atoms with van der Waals surface area (Å²) in [6.07, 6.45) is 3.01. The van der Waals surface area contributed by atoms with Crippen LogP contribution in [0.1, 0.15) is 42.5 Å². The Morgan fingerprint density at radius 1 is 1.21 bits per heavy atom. The second-order valence-corrected chi connectivity index (χ2v) is 11.1. The molecule has 2 aromatic rings. The predicted octanol–water partition coefficient (Wildman–Crippen LogP) is 3.45. The van der Waals surface area contributed by atoms with Gasteiger partial charge in [0.2, 0.25) is 0 Å². The summed E-state index contributed by atoms with van der Waals surface area (Å²) in [5, 5.41) is 10.9. The first-order valence-corrected chi connectivity index (χ1v) is 12.8. The molecule has 2 N–H and O–H groups in total. The lowest BCUT2D eigenvalue weighted by Gasteiger charge is -2.25. The Balaban J connectivity index is 1.52. The van der Waals surface area contributed by atoms with Gasteiger partial charge in [-0.15, -0.1) is 11.3 Å². The molecule has 0 aliphatic carbocycles. The summed E-state index contributed by atoms with van der Waals surface area (Å²) in [6, 6.07) is 5.75. The first kappa shape index (κ1) is 21.3. The molecule has 1 fully saturated rings. The summed E-state index contributed by atoms with van der Waals surface area (Å²) in [5.41, 5.74) is 1.32. The summed E-state index contributed by atoms with van der Waals surface area (Å²) in [5.74, 6) is 1.11. The predicted molar refractivity (Wildman–Crippen MR) is 118 cm³/mol. The zero-order valence-electron chi connectivity index (χ0n) is 16.3. The molecular formula is C19H28N4O2S3. The van der Waals surface area contributed by atoms with E-state index in [1.807, 2.05) is 6.07 Å². The third-order valence-corrected chi connectivity index (χ3v) is 9.04. The van der Waals surface area contributed by atoms with Crippen LogP contribution >= 0.6 is 22.7 Å². The van der Waals surface area contributed by atoms with Crippen molar-refractivity contribution >= 4 is 38.7 Å². The summed E-state index contributed by atoms with van der Waals surface area (Å²) in [7, 11) is -1.61. The van der Waals surface area contributed by atoms with E-state index in [1.165, 1.54) is 16.9 Å². The van der Waals surface area contributed by atoms with Gasteiger partial charge in [0, 0.05) is 31.6 Å². The first-order chi connectivity index (χ1) is 13.5. The monoisotopic (exact) mass is 440 g/mol. The van der Waals surface area contributed by atoms with Gasteiger partial charge >= 0.3 is 0 Å². The van der Waals surface area contributed by atoms with E-state index in [2.05, 4.69) is 39.4 Å². The standard InChI is InChI=1S/C19H28N4O2S3/c1-15(16-8-11-26-14-16)12-21-19(20-2)22-13-17-6-7-18(27-17)28(24,25)23-9-4-3-5-10-23/h6-8,11,14-15H,3-5,9-10,12-13H2,1-2H3,(H2,20,21,22). The van der Waals surface area contributed by atoms with Crippen LogP contribution in [0.2, 0.25) is 0 Å². The van der Waals surface area contributed by atoms with Crippen molar-refractivity contribution in [3.05, 3.63) is 39.4 Å². The minimum atomic E-state index is -3.35. The van der Waals surface area contributed by atoms with E-state index in [1.54, 1.807) is 28.8 Å². The Kier molecular flexibility index (Phi) is 7.50. The average molecular weight is 441 g/mol. The maximum Gasteiger partial charge on any atom is 0.252 e. The Bertz CT molecular complexity index is 869. The molecule has 9 heteroatoms. The number of thiophene rings is 2.